The molecule has 0 spiro atoms. The van der Waals surface area contributed by atoms with Gasteiger partial charge in [-0.3, -0.25) is 0 Å². The Morgan fingerprint density at radius 3 is 2.00 bits per heavy atom. The molecule has 0 aliphatic heterocycles. The van der Waals surface area contributed by atoms with Crippen molar-refractivity contribution < 1.29 is 0 Å². The Labute approximate surface area is 121 Å². The fourth-order valence-corrected chi connectivity index (χ4v) is 6.24. The molecule has 1 heteroatoms. The molecule has 1 rings (SSSR count). The van der Waals surface area contributed by atoms with Gasteiger partial charge in [0, 0.05) is 0 Å². The summed E-state index contributed by atoms with van der Waals surface area (Å²) in [6.07, 6.45) is 8.01. The second kappa shape index (κ2) is 5.77. The van der Waals surface area contributed by atoms with E-state index in [1.165, 1.54) is 38.5 Å². The molecule has 1 aliphatic rings. The van der Waals surface area contributed by atoms with E-state index in [0.717, 1.165) is 11.7 Å². The zero-order valence-corrected chi connectivity index (χ0v) is 14.4. The fourth-order valence-electron chi connectivity index (χ4n) is 5.58. The second-order valence-corrected chi connectivity index (χ2v) is 7.14. The van der Waals surface area contributed by atoms with E-state index in [0.29, 0.717) is 16.2 Å². The summed E-state index contributed by atoms with van der Waals surface area (Å²) in [6.45, 7) is 14.7. The topological polar surface area (TPSA) is 0 Å². The summed E-state index contributed by atoms with van der Waals surface area (Å²) in [5.74, 6) is 1.91. The molecule has 18 heavy (non-hydrogen) atoms. The van der Waals surface area contributed by atoms with Crippen LogP contribution in [-0.2, 0) is 0 Å². The third kappa shape index (κ3) is 1.87. The minimum absolute atomic E-state index is 0.463. The van der Waals surface area contributed by atoms with Crippen molar-refractivity contribution in [2.45, 2.75) is 80.1 Å². The van der Waals surface area contributed by atoms with Gasteiger partial charge >= 0.3 is 0 Å². The van der Waals surface area contributed by atoms with Gasteiger partial charge in [0.25, 0.3) is 0 Å². The maximum absolute atomic E-state index is 4.80. The predicted octanol–water partition coefficient (Wildman–Crippen LogP) is 5.97. The van der Waals surface area contributed by atoms with Crippen molar-refractivity contribution in [2.24, 2.45) is 22.2 Å². The minimum atomic E-state index is 0.463. The Morgan fingerprint density at radius 1 is 1.11 bits per heavy atom. The third-order valence-electron chi connectivity index (χ3n) is 7.02. The van der Waals surface area contributed by atoms with Crippen molar-refractivity contribution >= 4 is 12.6 Å². The number of hydrogen-bond donors (Lipinski definition) is 1. The molecule has 0 aromatic heterocycles. The summed E-state index contributed by atoms with van der Waals surface area (Å²) in [4.78, 5) is 0. The van der Waals surface area contributed by atoms with Gasteiger partial charge in [-0.15, -0.1) is 0 Å². The average molecular weight is 271 g/mol. The van der Waals surface area contributed by atoms with Gasteiger partial charge in [0.2, 0.25) is 0 Å². The second-order valence-electron chi connectivity index (χ2n) is 6.82. The molecule has 0 bridgehead atoms. The Morgan fingerprint density at radius 2 is 1.67 bits per heavy atom. The van der Waals surface area contributed by atoms with Crippen molar-refractivity contribution in [3.05, 3.63) is 0 Å². The van der Waals surface area contributed by atoms with Crippen LogP contribution in [0.4, 0.5) is 0 Å². The predicted molar refractivity (Wildman–Crippen MR) is 86.4 cm³/mol. The van der Waals surface area contributed by atoms with Crippen molar-refractivity contribution in [3.63, 3.8) is 0 Å². The molecule has 0 aromatic carbocycles. The van der Waals surface area contributed by atoms with E-state index in [1.54, 1.807) is 0 Å². The van der Waals surface area contributed by atoms with E-state index in [4.69, 9.17) is 12.6 Å². The Hall–Kier alpha value is 0.350. The smallest absolute Gasteiger partial charge is 0.00356 e. The van der Waals surface area contributed by atoms with E-state index in [2.05, 4.69) is 41.5 Å². The summed E-state index contributed by atoms with van der Waals surface area (Å²) in [5, 5.41) is 0. The van der Waals surface area contributed by atoms with Crippen LogP contribution < -0.4 is 0 Å². The monoisotopic (exact) mass is 270 g/mol. The quantitative estimate of drug-likeness (QED) is 0.565. The third-order valence-corrected chi connectivity index (χ3v) is 7.62. The maximum Gasteiger partial charge on any atom is -0.00356 e. The highest BCUT2D eigenvalue weighted by Gasteiger charge is 2.62. The first-order valence-electron chi connectivity index (χ1n) is 8.04. The molecule has 0 heterocycles. The van der Waals surface area contributed by atoms with E-state index < -0.39 is 0 Å². The van der Waals surface area contributed by atoms with Gasteiger partial charge in [-0.2, -0.15) is 12.6 Å². The molecule has 0 radical (unpaired) electrons. The lowest BCUT2D eigenvalue weighted by atomic mass is 9.47. The standard InChI is InChI=1S/C17H34S/c1-7-15(6,8-2)17(10-4)14(5)11-12-16(17,9-3)13-18/h14,18H,7-13H2,1-6H3. The summed E-state index contributed by atoms with van der Waals surface area (Å²) in [6, 6.07) is 0. The van der Waals surface area contributed by atoms with Crippen LogP contribution in [0.25, 0.3) is 0 Å². The van der Waals surface area contributed by atoms with Crippen LogP contribution in [-0.4, -0.2) is 5.75 Å². The molecule has 1 fully saturated rings. The fraction of sp³-hybridized carbons (Fsp3) is 1.00. The molecule has 0 amide bonds. The molecule has 0 N–H and O–H groups in total. The van der Waals surface area contributed by atoms with Gasteiger partial charge < -0.3 is 0 Å². The van der Waals surface area contributed by atoms with Crippen LogP contribution in [0.15, 0.2) is 0 Å². The Balaban J connectivity index is 3.40. The summed E-state index contributed by atoms with van der Waals surface area (Å²) in [7, 11) is 0. The largest absolute Gasteiger partial charge is 0.179 e. The van der Waals surface area contributed by atoms with Crippen LogP contribution in [0.3, 0.4) is 0 Å². The lowest BCUT2D eigenvalue weighted by Gasteiger charge is -2.58. The van der Waals surface area contributed by atoms with E-state index in [1.807, 2.05) is 0 Å². The summed E-state index contributed by atoms with van der Waals surface area (Å²) < 4.78 is 0. The zero-order chi connectivity index (χ0) is 14.0. The van der Waals surface area contributed by atoms with Crippen LogP contribution in [0.1, 0.15) is 80.1 Å². The zero-order valence-electron chi connectivity index (χ0n) is 13.5. The first kappa shape index (κ1) is 16.4. The summed E-state index contributed by atoms with van der Waals surface area (Å²) >= 11 is 4.80. The first-order valence-corrected chi connectivity index (χ1v) is 8.67. The van der Waals surface area contributed by atoms with Gasteiger partial charge in [-0.1, -0.05) is 54.4 Å². The minimum Gasteiger partial charge on any atom is -0.179 e. The maximum atomic E-state index is 4.80. The lowest BCUT2D eigenvalue weighted by molar-refractivity contribution is -0.0852. The molecule has 1 aliphatic carbocycles. The van der Waals surface area contributed by atoms with Crippen molar-refractivity contribution in [1.29, 1.82) is 0 Å². The lowest BCUT2D eigenvalue weighted by Crippen LogP contribution is -2.52. The molecular weight excluding hydrogens is 236 g/mol. The van der Waals surface area contributed by atoms with Crippen molar-refractivity contribution in [3.8, 4) is 0 Å². The highest BCUT2D eigenvalue weighted by molar-refractivity contribution is 7.80. The Kier molecular flexibility index (Phi) is 5.26. The number of rotatable bonds is 6. The SMILES string of the molecule is CCC(C)(CC)C1(CC)C(C)CCC1(CC)CS. The number of thiol groups is 1. The first-order chi connectivity index (χ1) is 8.43. The van der Waals surface area contributed by atoms with Crippen LogP contribution in [0.2, 0.25) is 0 Å². The van der Waals surface area contributed by atoms with Gasteiger partial charge in [0.1, 0.15) is 0 Å². The van der Waals surface area contributed by atoms with E-state index >= 15 is 0 Å². The molecule has 1 saturated carbocycles. The summed E-state index contributed by atoms with van der Waals surface area (Å²) in [5.41, 5.74) is 1.42. The highest BCUT2D eigenvalue weighted by Crippen LogP contribution is 2.69. The molecule has 0 saturated heterocycles. The number of hydrogen-bond acceptors (Lipinski definition) is 1. The molecular formula is C17H34S. The van der Waals surface area contributed by atoms with Crippen molar-refractivity contribution in [1.82, 2.24) is 0 Å². The normalized spacial score (nSPS) is 37.2. The average Bonchev–Trinajstić information content (AvgIpc) is 2.72. The van der Waals surface area contributed by atoms with Crippen LogP contribution in [0.5, 0.6) is 0 Å². The van der Waals surface area contributed by atoms with Crippen LogP contribution >= 0.6 is 12.6 Å². The van der Waals surface area contributed by atoms with E-state index in [9.17, 15) is 0 Å². The van der Waals surface area contributed by atoms with Gasteiger partial charge in [0.15, 0.2) is 0 Å². The van der Waals surface area contributed by atoms with Crippen LogP contribution in [0, 0.1) is 22.2 Å². The Bertz CT molecular complexity index is 263. The van der Waals surface area contributed by atoms with Gasteiger partial charge in [-0.25, -0.2) is 0 Å². The molecule has 3 unspecified atom stereocenters. The van der Waals surface area contributed by atoms with E-state index in [-0.39, 0.29) is 0 Å². The van der Waals surface area contributed by atoms with Gasteiger partial charge in [-0.05, 0) is 53.6 Å². The molecule has 0 aromatic rings. The van der Waals surface area contributed by atoms with Gasteiger partial charge in [0.05, 0.1) is 0 Å². The molecule has 108 valence electrons. The highest BCUT2D eigenvalue weighted by atomic mass is 32.1. The molecule has 0 nitrogen and oxygen atoms in total. The van der Waals surface area contributed by atoms with Crippen molar-refractivity contribution in [2.75, 3.05) is 5.75 Å². The molecule has 3 atom stereocenters.